The van der Waals surface area contributed by atoms with E-state index in [1.165, 1.54) is 6.26 Å². The standard InChI is InChI=1S/C17H19NO4S/c1-18(14-4-6-15(7-5-14)23(2,19)20)12-13-3-8-16-17(11-13)22-10-9-21-16/h3-8,11H,9-10,12H2,1-2H3. The molecule has 1 aliphatic rings. The molecule has 2 aromatic rings. The molecule has 0 aliphatic carbocycles. The van der Waals surface area contributed by atoms with E-state index in [2.05, 4.69) is 4.90 Å². The Bertz CT molecular complexity index is 800. The summed E-state index contributed by atoms with van der Waals surface area (Å²) in [5.74, 6) is 1.55. The maximum atomic E-state index is 11.5. The molecule has 23 heavy (non-hydrogen) atoms. The van der Waals surface area contributed by atoms with E-state index in [0.717, 1.165) is 22.7 Å². The van der Waals surface area contributed by atoms with Crippen LogP contribution in [0.5, 0.6) is 11.5 Å². The predicted molar refractivity (Wildman–Crippen MR) is 89.1 cm³/mol. The lowest BCUT2D eigenvalue weighted by Crippen LogP contribution is -2.18. The Morgan fingerprint density at radius 3 is 2.30 bits per heavy atom. The summed E-state index contributed by atoms with van der Waals surface area (Å²) in [6.07, 6.45) is 1.21. The van der Waals surface area contributed by atoms with E-state index in [9.17, 15) is 8.42 Å². The summed E-state index contributed by atoms with van der Waals surface area (Å²) in [6.45, 7) is 1.84. The van der Waals surface area contributed by atoms with Crippen LogP contribution in [0, 0.1) is 0 Å². The van der Waals surface area contributed by atoms with Crippen molar-refractivity contribution in [3.05, 3.63) is 48.0 Å². The summed E-state index contributed by atoms with van der Waals surface area (Å²) in [4.78, 5) is 2.38. The van der Waals surface area contributed by atoms with E-state index < -0.39 is 9.84 Å². The van der Waals surface area contributed by atoms with Crippen molar-refractivity contribution in [3.8, 4) is 11.5 Å². The van der Waals surface area contributed by atoms with Gasteiger partial charge < -0.3 is 14.4 Å². The molecule has 6 heteroatoms. The van der Waals surface area contributed by atoms with Crippen LogP contribution in [0.25, 0.3) is 0 Å². The lowest BCUT2D eigenvalue weighted by molar-refractivity contribution is 0.171. The first kappa shape index (κ1) is 15.7. The Morgan fingerprint density at radius 2 is 1.65 bits per heavy atom. The maximum Gasteiger partial charge on any atom is 0.175 e. The monoisotopic (exact) mass is 333 g/mol. The Kier molecular flexibility index (Phi) is 4.17. The highest BCUT2D eigenvalue weighted by molar-refractivity contribution is 7.90. The highest BCUT2D eigenvalue weighted by Crippen LogP contribution is 2.31. The van der Waals surface area contributed by atoms with Crippen LogP contribution in [-0.2, 0) is 16.4 Å². The van der Waals surface area contributed by atoms with Crippen LogP contribution in [0.1, 0.15) is 5.56 Å². The lowest BCUT2D eigenvalue weighted by atomic mass is 10.1. The van der Waals surface area contributed by atoms with Gasteiger partial charge in [0.25, 0.3) is 0 Å². The zero-order chi connectivity index (χ0) is 16.4. The molecule has 0 spiro atoms. The van der Waals surface area contributed by atoms with Gasteiger partial charge in [0.05, 0.1) is 4.90 Å². The van der Waals surface area contributed by atoms with E-state index in [4.69, 9.17) is 9.47 Å². The quantitative estimate of drug-likeness (QED) is 0.860. The molecule has 2 aromatic carbocycles. The molecule has 0 N–H and O–H groups in total. The van der Waals surface area contributed by atoms with Crippen molar-refractivity contribution in [2.75, 3.05) is 31.4 Å². The first-order valence-electron chi connectivity index (χ1n) is 7.33. The Labute approximate surface area is 136 Å². The highest BCUT2D eigenvalue weighted by atomic mass is 32.2. The number of benzene rings is 2. The number of nitrogens with zero attached hydrogens (tertiary/aromatic N) is 1. The largest absolute Gasteiger partial charge is 0.486 e. The molecule has 0 amide bonds. The summed E-state index contributed by atoms with van der Waals surface area (Å²) in [5.41, 5.74) is 2.05. The summed E-state index contributed by atoms with van der Waals surface area (Å²) >= 11 is 0. The minimum atomic E-state index is -3.16. The van der Waals surface area contributed by atoms with Gasteiger partial charge in [0.1, 0.15) is 13.2 Å². The minimum absolute atomic E-state index is 0.328. The molecule has 0 bridgehead atoms. The number of anilines is 1. The zero-order valence-corrected chi connectivity index (χ0v) is 14.0. The molecule has 0 fully saturated rings. The fraction of sp³-hybridized carbons (Fsp3) is 0.294. The van der Waals surface area contributed by atoms with Gasteiger partial charge in [-0.2, -0.15) is 0 Å². The number of fused-ring (bicyclic) bond motifs is 1. The Morgan fingerprint density at radius 1 is 1.00 bits per heavy atom. The normalized spacial score (nSPS) is 13.7. The number of rotatable bonds is 4. The second-order valence-corrected chi connectivity index (χ2v) is 7.62. The van der Waals surface area contributed by atoms with Crippen molar-refractivity contribution in [1.29, 1.82) is 0 Å². The fourth-order valence-corrected chi connectivity index (χ4v) is 3.13. The number of hydrogen-bond donors (Lipinski definition) is 0. The first-order chi connectivity index (χ1) is 10.9. The van der Waals surface area contributed by atoms with Gasteiger partial charge >= 0.3 is 0 Å². The van der Waals surface area contributed by atoms with Gasteiger partial charge in [-0.25, -0.2) is 8.42 Å². The van der Waals surface area contributed by atoms with Crippen molar-refractivity contribution >= 4 is 15.5 Å². The van der Waals surface area contributed by atoms with E-state index in [1.54, 1.807) is 12.1 Å². The van der Waals surface area contributed by atoms with Crippen molar-refractivity contribution in [2.45, 2.75) is 11.4 Å². The number of hydrogen-bond acceptors (Lipinski definition) is 5. The molecule has 1 heterocycles. The smallest absolute Gasteiger partial charge is 0.175 e. The number of sulfone groups is 1. The summed E-state index contributed by atoms with van der Waals surface area (Å²) in [5, 5.41) is 0. The van der Waals surface area contributed by atoms with Crippen molar-refractivity contribution in [1.82, 2.24) is 0 Å². The molecule has 0 unspecified atom stereocenters. The van der Waals surface area contributed by atoms with Gasteiger partial charge in [0, 0.05) is 25.5 Å². The molecule has 1 aliphatic heterocycles. The topological polar surface area (TPSA) is 55.8 Å². The van der Waals surface area contributed by atoms with E-state index in [-0.39, 0.29) is 0 Å². The van der Waals surface area contributed by atoms with Gasteiger partial charge in [0.15, 0.2) is 21.3 Å². The summed E-state index contributed by atoms with van der Waals surface area (Å²) < 4.78 is 34.1. The average Bonchev–Trinajstić information content (AvgIpc) is 2.54. The Hall–Kier alpha value is -2.21. The molecule has 122 valence electrons. The molecule has 0 saturated heterocycles. The number of ether oxygens (including phenoxy) is 2. The summed E-state index contributed by atoms with van der Waals surface area (Å²) in [6, 6.07) is 12.8. The third kappa shape index (κ3) is 3.59. The third-order valence-electron chi connectivity index (χ3n) is 3.73. The molecule has 0 saturated carbocycles. The minimum Gasteiger partial charge on any atom is -0.486 e. The van der Waals surface area contributed by atoms with Crippen LogP contribution in [0.2, 0.25) is 0 Å². The molecule has 0 radical (unpaired) electrons. The van der Waals surface area contributed by atoms with Gasteiger partial charge in [-0.05, 0) is 42.0 Å². The van der Waals surface area contributed by atoms with Crippen molar-refractivity contribution < 1.29 is 17.9 Å². The van der Waals surface area contributed by atoms with E-state index >= 15 is 0 Å². The van der Waals surface area contributed by atoms with Crippen LogP contribution < -0.4 is 14.4 Å². The van der Waals surface area contributed by atoms with Gasteiger partial charge in [0.2, 0.25) is 0 Å². The van der Waals surface area contributed by atoms with E-state index in [0.29, 0.717) is 24.7 Å². The average molecular weight is 333 g/mol. The third-order valence-corrected chi connectivity index (χ3v) is 4.86. The molecular formula is C17H19NO4S. The second kappa shape index (κ2) is 6.12. The lowest BCUT2D eigenvalue weighted by Gasteiger charge is -2.22. The van der Waals surface area contributed by atoms with E-state index in [1.807, 2.05) is 37.4 Å². The molecule has 0 atom stereocenters. The van der Waals surface area contributed by atoms with Crippen LogP contribution >= 0.6 is 0 Å². The van der Waals surface area contributed by atoms with Crippen LogP contribution in [0.15, 0.2) is 47.4 Å². The molecule has 0 aromatic heterocycles. The molecule has 3 rings (SSSR count). The van der Waals surface area contributed by atoms with Gasteiger partial charge in [-0.3, -0.25) is 0 Å². The molecular weight excluding hydrogens is 314 g/mol. The SMILES string of the molecule is CN(Cc1ccc2c(c1)OCCO2)c1ccc(S(C)(=O)=O)cc1. The van der Waals surface area contributed by atoms with Crippen LogP contribution in [0.3, 0.4) is 0 Å². The molecule has 5 nitrogen and oxygen atoms in total. The van der Waals surface area contributed by atoms with Crippen LogP contribution in [-0.4, -0.2) is 34.9 Å². The maximum absolute atomic E-state index is 11.5. The zero-order valence-electron chi connectivity index (χ0n) is 13.2. The fourth-order valence-electron chi connectivity index (χ4n) is 2.50. The predicted octanol–water partition coefficient (Wildman–Crippen LogP) is 2.50. The second-order valence-electron chi connectivity index (χ2n) is 5.60. The van der Waals surface area contributed by atoms with Gasteiger partial charge in [-0.1, -0.05) is 6.07 Å². The highest BCUT2D eigenvalue weighted by Gasteiger charge is 2.13. The first-order valence-corrected chi connectivity index (χ1v) is 9.22. The van der Waals surface area contributed by atoms with Crippen molar-refractivity contribution in [2.24, 2.45) is 0 Å². The summed E-state index contributed by atoms with van der Waals surface area (Å²) in [7, 11) is -1.20. The van der Waals surface area contributed by atoms with Crippen LogP contribution in [0.4, 0.5) is 5.69 Å². The Balaban J connectivity index is 1.75. The van der Waals surface area contributed by atoms with Gasteiger partial charge in [-0.15, -0.1) is 0 Å². The van der Waals surface area contributed by atoms with Crippen molar-refractivity contribution in [3.63, 3.8) is 0 Å².